The normalized spacial score (nSPS) is 11.3. The molecule has 80 heavy (non-hydrogen) atoms. The maximum atomic E-state index is 13.3. The van der Waals surface area contributed by atoms with Gasteiger partial charge in [0.05, 0.1) is 48.9 Å². The van der Waals surface area contributed by atoms with Crippen LogP contribution in [0.4, 0.5) is 22.7 Å². The fourth-order valence-corrected chi connectivity index (χ4v) is 8.84. The molecule has 0 unspecified atom stereocenters. The number of rotatable bonds is 39. The van der Waals surface area contributed by atoms with E-state index >= 15 is 0 Å². The van der Waals surface area contributed by atoms with Crippen LogP contribution in [0.15, 0.2) is 154 Å². The van der Waals surface area contributed by atoms with E-state index in [1.54, 1.807) is 133 Å². The van der Waals surface area contributed by atoms with Crippen LogP contribution in [-0.2, 0) is 0 Å². The number of halogens is 2. The van der Waals surface area contributed by atoms with Crippen molar-refractivity contribution in [3.63, 3.8) is 0 Å². The highest BCUT2D eigenvalue weighted by Gasteiger charge is 2.15. The SMILES string of the molecule is CCCCCCCCCCCCOc1ccc(C(=O)Oc2ccc(N=Nc3ccc(Cl)cc3)c(OCCCCOc3cc(OC(=O)c4ccc(OCCCCCCCCCCCC)cc4)ccc3N=Nc3ccc(Cl)cc3)c2)cc1. The summed E-state index contributed by atoms with van der Waals surface area (Å²) in [7, 11) is 0. The lowest BCUT2D eigenvalue weighted by Gasteiger charge is -2.13. The fraction of sp³-hybridized carbons (Fsp3) is 0.424. The van der Waals surface area contributed by atoms with E-state index in [2.05, 4.69) is 34.3 Å². The van der Waals surface area contributed by atoms with Crippen molar-refractivity contribution in [2.45, 2.75) is 155 Å². The molecule has 0 aliphatic rings. The number of carbonyl (C=O) groups is 2. The van der Waals surface area contributed by atoms with Gasteiger partial charge in [0.2, 0.25) is 0 Å². The summed E-state index contributed by atoms with van der Waals surface area (Å²) in [5, 5.41) is 18.8. The number of unbranched alkanes of at least 4 members (excludes halogenated alkanes) is 19. The average molecular weight is 1130 g/mol. The van der Waals surface area contributed by atoms with Crippen molar-refractivity contribution in [1.29, 1.82) is 0 Å². The molecule has 0 spiro atoms. The number of azo groups is 2. The van der Waals surface area contributed by atoms with Gasteiger partial charge in [-0.2, -0.15) is 10.2 Å². The topological polar surface area (TPSA) is 139 Å². The second-order valence-corrected chi connectivity index (χ2v) is 20.8. The van der Waals surface area contributed by atoms with Gasteiger partial charge < -0.3 is 28.4 Å². The Balaban J connectivity index is 1.00. The molecule has 0 aliphatic carbocycles. The lowest BCUT2D eigenvalue weighted by molar-refractivity contribution is 0.0724. The smallest absolute Gasteiger partial charge is 0.343 e. The summed E-state index contributed by atoms with van der Waals surface area (Å²) in [6, 6.07) is 37.9. The van der Waals surface area contributed by atoms with E-state index in [0.717, 1.165) is 25.7 Å². The minimum Gasteiger partial charge on any atom is -0.494 e. The van der Waals surface area contributed by atoms with Gasteiger partial charge in [0, 0.05) is 22.2 Å². The number of benzene rings is 6. The van der Waals surface area contributed by atoms with Crippen molar-refractivity contribution >= 4 is 57.9 Å². The zero-order chi connectivity index (χ0) is 56.2. The molecule has 0 aromatic heterocycles. The van der Waals surface area contributed by atoms with E-state index in [-0.39, 0.29) is 24.7 Å². The summed E-state index contributed by atoms with van der Waals surface area (Å²) in [6.07, 6.45) is 26.4. The summed E-state index contributed by atoms with van der Waals surface area (Å²) in [5.74, 6) is 1.67. The van der Waals surface area contributed by atoms with Crippen LogP contribution in [0.1, 0.15) is 176 Å². The van der Waals surface area contributed by atoms with E-state index in [1.165, 1.54) is 103 Å². The van der Waals surface area contributed by atoms with Crippen molar-refractivity contribution < 1.29 is 38.0 Å². The maximum absolute atomic E-state index is 13.3. The number of hydrogen-bond acceptors (Lipinski definition) is 12. The van der Waals surface area contributed by atoms with Crippen molar-refractivity contribution in [2.24, 2.45) is 20.5 Å². The zero-order valence-electron chi connectivity index (χ0n) is 46.9. The largest absolute Gasteiger partial charge is 0.494 e. The highest BCUT2D eigenvalue weighted by atomic mass is 35.5. The van der Waals surface area contributed by atoms with Gasteiger partial charge >= 0.3 is 11.9 Å². The Morgan fingerprint density at radius 3 is 0.988 bits per heavy atom. The molecule has 426 valence electrons. The fourth-order valence-electron chi connectivity index (χ4n) is 8.58. The minimum absolute atomic E-state index is 0.273. The first-order valence-electron chi connectivity index (χ1n) is 29.0. The Kier molecular flexibility index (Phi) is 29.1. The third-order valence-corrected chi connectivity index (χ3v) is 13.8. The van der Waals surface area contributed by atoms with Crippen LogP contribution in [0.5, 0.6) is 34.5 Å². The summed E-state index contributed by atoms with van der Waals surface area (Å²) >= 11 is 12.2. The van der Waals surface area contributed by atoms with Crippen LogP contribution >= 0.6 is 23.2 Å². The quantitative estimate of drug-likeness (QED) is 0.0161. The molecule has 14 heteroatoms. The molecule has 6 rings (SSSR count). The average Bonchev–Trinajstić information content (AvgIpc) is 3.48. The third-order valence-electron chi connectivity index (χ3n) is 13.3. The molecule has 0 saturated heterocycles. The molecule has 12 nitrogen and oxygen atoms in total. The second-order valence-electron chi connectivity index (χ2n) is 19.9. The molecule has 0 atom stereocenters. The maximum Gasteiger partial charge on any atom is 0.343 e. The molecule has 0 bridgehead atoms. The van der Waals surface area contributed by atoms with Gasteiger partial charge in [-0.25, -0.2) is 9.59 Å². The van der Waals surface area contributed by atoms with Crippen LogP contribution in [0.2, 0.25) is 10.0 Å². The Labute approximate surface area is 484 Å². The lowest BCUT2D eigenvalue weighted by atomic mass is 10.1. The molecule has 0 N–H and O–H groups in total. The molecular formula is C66H80Cl2N4O8. The van der Waals surface area contributed by atoms with Crippen molar-refractivity contribution in [3.8, 4) is 34.5 Å². The monoisotopic (exact) mass is 1130 g/mol. The minimum atomic E-state index is -0.523. The first-order chi connectivity index (χ1) is 39.3. The first kappa shape index (κ1) is 62.4. The Morgan fingerprint density at radius 1 is 0.338 bits per heavy atom. The molecule has 0 saturated carbocycles. The number of carbonyl (C=O) groups excluding carboxylic acids is 2. The van der Waals surface area contributed by atoms with E-state index in [4.69, 9.17) is 51.6 Å². The standard InChI is InChI=1S/C66H80Cl2N4O8/c1-3-5-7-9-11-13-15-17-19-21-45-75-57-37-25-51(26-38-57)65(73)79-59-41-43-61(71-69-55-33-29-53(67)30-34-55)63(49-59)77-47-23-24-48-78-64-50-60(42-44-62(64)72-70-56-35-31-54(68)32-36-56)80-66(74)52-27-39-58(40-28-52)76-46-22-20-18-16-14-12-10-8-6-4-2/h25-44,49-50H,3-24,45-48H2,1-2H3. The van der Waals surface area contributed by atoms with Gasteiger partial charge in [0.25, 0.3) is 0 Å². The number of ether oxygens (including phenoxy) is 6. The van der Waals surface area contributed by atoms with Crippen molar-refractivity contribution in [1.82, 2.24) is 0 Å². The zero-order valence-corrected chi connectivity index (χ0v) is 48.4. The van der Waals surface area contributed by atoms with E-state index in [1.807, 2.05) is 0 Å². The molecule has 0 aliphatic heterocycles. The van der Waals surface area contributed by atoms with Crippen LogP contribution < -0.4 is 28.4 Å². The Morgan fingerprint density at radius 2 is 0.637 bits per heavy atom. The molecule has 0 fully saturated rings. The predicted octanol–water partition coefficient (Wildman–Crippen LogP) is 21.1. The van der Waals surface area contributed by atoms with Crippen molar-refractivity contribution in [3.05, 3.63) is 155 Å². The number of hydrogen-bond donors (Lipinski definition) is 0. The van der Waals surface area contributed by atoms with Crippen LogP contribution in [0, 0.1) is 0 Å². The molecule has 0 heterocycles. The van der Waals surface area contributed by atoms with Gasteiger partial charge in [-0.15, -0.1) is 10.2 Å². The van der Waals surface area contributed by atoms with Crippen molar-refractivity contribution in [2.75, 3.05) is 26.4 Å². The van der Waals surface area contributed by atoms with Gasteiger partial charge in [0.1, 0.15) is 34.4 Å². The molecular weight excluding hydrogens is 1050 g/mol. The van der Waals surface area contributed by atoms with Crippen LogP contribution in [0.3, 0.4) is 0 Å². The van der Waals surface area contributed by atoms with E-state index < -0.39 is 11.9 Å². The molecule has 6 aromatic carbocycles. The Bertz CT molecular complexity index is 2580. The van der Waals surface area contributed by atoms with Gasteiger partial charge in [-0.1, -0.05) is 153 Å². The highest BCUT2D eigenvalue weighted by Crippen LogP contribution is 2.36. The number of esters is 2. The van der Waals surface area contributed by atoms with Crippen LogP contribution in [-0.4, -0.2) is 38.4 Å². The number of nitrogens with zero attached hydrogens (tertiary/aromatic N) is 4. The highest BCUT2D eigenvalue weighted by molar-refractivity contribution is 6.30. The third kappa shape index (κ3) is 24.3. The Hall–Kier alpha value is -6.76. The summed E-state index contributed by atoms with van der Waals surface area (Å²) in [4.78, 5) is 26.7. The van der Waals surface area contributed by atoms with E-state index in [9.17, 15) is 9.59 Å². The summed E-state index contributed by atoms with van der Waals surface area (Å²) < 4.78 is 36.1. The predicted molar refractivity (Wildman–Crippen MR) is 322 cm³/mol. The summed E-state index contributed by atoms with van der Waals surface area (Å²) in [6.45, 7) is 6.32. The van der Waals surface area contributed by atoms with Gasteiger partial charge in [-0.3, -0.25) is 0 Å². The van der Waals surface area contributed by atoms with Gasteiger partial charge in [-0.05, 0) is 147 Å². The van der Waals surface area contributed by atoms with Crippen LogP contribution in [0.25, 0.3) is 0 Å². The second kappa shape index (κ2) is 37.2. The summed E-state index contributed by atoms with van der Waals surface area (Å²) in [5.41, 5.74) is 2.84. The van der Waals surface area contributed by atoms with E-state index in [0.29, 0.717) is 93.0 Å². The molecule has 6 aromatic rings. The molecule has 0 radical (unpaired) electrons. The molecule has 0 amide bonds. The first-order valence-corrected chi connectivity index (χ1v) is 29.8. The lowest BCUT2D eigenvalue weighted by Crippen LogP contribution is -2.09. The van der Waals surface area contributed by atoms with Gasteiger partial charge in [0.15, 0.2) is 11.5 Å².